The van der Waals surface area contributed by atoms with E-state index in [0.717, 1.165) is 66.1 Å². The van der Waals surface area contributed by atoms with E-state index in [1.807, 2.05) is 25.2 Å². The molecule has 2 aliphatic heterocycles. The third kappa shape index (κ3) is 6.06. The normalized spacial score (nSPS) is 19.3. The SMILES string of the molecule is [C-]#[N+]/C(C)=C\c1ccc(-c2ccc3c(c2)C(C)(C)C(=CC2=C(O)C(=CC4=[N+](CCC)c5ccccc5C4(C)C)C2=O)N3CCCCCC)cc1. The van der Waals surface area contributed by atoms with Crippen molar-refractivity contribution >= 4 is 28.9 Å². The van der Waals surface area contributed by atoms with Gasteiger partial charge in [-0.15, -0.1) is 0 Å². The van der Waals surface area contributed by atoms with Crippen LogP contribution in [0.1, 0.15) is 97.3 Å². The molecule has 0 radical (unpaired) electrons. The molecule has 256 valence electrons. The van der Waals surface area contributed by atoms with Crippen LogP contribution in [0.4, 0.5) is 11.4 Å². The highest BCUT2D eigenvalue weighted by atomic mass is 16.3. The van der Waals surface area contributed by atoms with Gasteiger partial charge < -0.3 is 10.0 Å². The van der Waals surface area contributed by atoms with E-state index in [-0.39, 0.29) is 22.4 Å². The molecule has 3 aliphatic rings. The fourth-order valence-electron chi connectivity index (χ4n) is 7.85. The van der Waals surface area contributed by atoms with Crippen molar-refractivity contribution in [2.24, 2.45) is 0 Å². The zero-order chi connectivity index (χ0) is 35.8. The molecule has 0 fully saturated rings. The van der Waals surface area contributed by atoms with E-state index in [2.05, 4.69) is 123 Å². The fraction of sp³-hybridized carbons (Fsp3) is 0.356. The van der Waals surface area contributed by atoms with Gasteiger partial charge in [-0.05, 0) is 67.7 Å². The van der Waals surface area contributed by atoms with Crippen molar-refractivity contribution in [2.45, 2.75) is 91.4 Å². The van der Waals surface area contributed by atoms with E-state index in [1.165, 1.54) is 29.7 Å². The van der Waals surface area contributed by atoms with Crippen LogP contribution in [0, 0.1) is 6.57 Å². The maximum absolute atomic E-state index is 13.9. The van der Waals surface area contributed by atoms with Gasteiger partial charge in [-0.25, -0.2) is 4.85 Å². The second-order valence-electron chi connectivity index (χ2n) is 14.9. The smallest absolute Gasteiger partial charge is 0.209 e. The summed E-state index contributed by atoms with van der Waals surface area (Å²) in [5.74, 6) is -0.0224. The highest BCUT2D eigenvalue weighted by Crippen LogP contribution is 2.50. The highest BCUT2D eigenvalue weighted by molar-refractivity contribution is 6.24. The number of carbonyl (C=O) groups excluding carboxylic acids is 1. The molecule has 5 heteroatoms. The molecule has 0 saturated heterocycles. The Morgan fingerprint density at radius 2 is 1.60 bits per heavy atom. The summed E-state index contributed by atoms with van der Waals surface area (Å²) in [6.45, 7) is 24.0. The summed E-state index contributed by atoms with van der Waals surface area (Å²) in [6, 6.07) is 23.5. The molecule has 2 heterocycles. The first-order chi connectivity index (χ1) is 23.9. The molecule has 0 amide bonds. The lowest BCUT2D eigenvalue weighted by atomic mass is 9.77. The molecule has 6 rings (SSSR count). The van der Waals surface area contributed by atoms with Crippen LogP contribution in [0.25, 0.3) is 22.0 Å². The fourth-order valence-corrected chi connectivity index (χ4v) is 7.85. The van der Waals surface area contributed by atoms with E-state index < -0.39 is 0 Å². The van der Waals surface area contributed by atoms with Gasteiger partial charge >= 0.3 is 0 Å². The number of para-hydroxylation sites is 1. The Hall–Kier alpha value is -4.95. The third-order valence-electron chi connectivity index (χ3n) is 10.7. The van der Waals surface area contributed by atoms with Gasteiger partial charge in [0.1, 0.15) is 12.3 Å². The number of allylic oxidation sites excluding steroid dienone is 6. The Labute approximate surface area is 298 Å². The van der Waals surface area contributed by atoms with Gasteiger partial charge in [-0.3, -0.25) is 4.79 Å². The molecule has 5 nitrogen and oxygen atoms in total. The standard InChI is InChI=1S/C45H49N3O2/c1-9-11-12-15-25-48-39-23-22-33(32-20-18-31(19-21-32)26-30(3)46-8)27-37(39)45(6,7)41(48)29-35-42(49)34(43(35)50)28-40-44(4,5)36-16-13-14-17-38(36)47(40)24-10-2/h13-14,16-23,26-29H,9-12,15,24-25H2,1-7H3/p+1/b30-26-. The average Bonchev–Trinajstić information content (AvgIpc) is 3.45. The van der Waals surface area contributed by atoms with Crippen LogP contribution in [0.5, 0.6) is 0 Å². The molecule has 0 atom stereocenters. The number of hydrogen-bond donors (Lipinski definition) is 1. The van der Waals surface area contributed by atoms with Crippen LogP contribution in [0.3, 0.4) is 0 Å². The van der Waals surface area contributed by atoms with Crippen molar-refractivity contribution < 1.29 is 14.5 Å². The molecule has 0 spiro atoms. The van der Waals surface area contributed by atoms with Gasteiger partial charge in [0.05, 0.1) is 23.1 Å². The number of aliphatic hydroxyl groups is 1. The van der Waals surface area contributed by atoms with Gasteiger partial charge in [0, 0.05) is 47.5 Å². The molecule has 0 saturated carbocycles. The van der Waals surface area contributed by atoms with E-state index in [9.17, 15) is 9.90 Å². The first kappa shape index (κ1) is 34.9. The maximum Gasteiger partial charge on any atom is 0.209 e. The Morgan fingerprint density at radius 1 is 0.880 bits per heavy atom. The topological polar surface area (TPSA) is 47.9 Å². The van der Waals surface area contributed by atoms with Crippen molar-refractivity contribution in [3.05, 3.63) is 135 Å². The number of hydrogen-bond acceptors (Lipinski definition) is 3. The highest BCUT2D eigenvalue weighted by Gasteiger charge is 2.47. The van der Waals surface area contributed by atoms with Gasteiger partial charge in [0.15, 0.2) is 11.4 Å². The Morgan fingerprint density at radius 3 is 2.28 bits per heavy atom. The van der Waals surface area contributed by atoms with Crippen molar-refractivity contribution in [1.29, 1.82) is 0 Å². The Bertz CT molecular complexity index is 2040. The van der Waals surface area contributed by atoms with E-state index >= 15 is 0 Å². The number of carbonyl (C=O) groups is 1. The number of aliphatic hydroxyl groups excluding tert-OH is 1. The number of ketones is 1. The van der Waals surface area contributed by atoms with Gasteiger partial charge in [0.2, 0.25) is 11.5 Å². The Kier molecular flexibility index (Phi) is 9.60. The number of benzene rings is 3. The van der Waals surface area contributed by atoms with Crippen molar-refractivity contribution in [1.82, 2.24) is 0 Å². The number of Topliss-reactive ketones (excluding diaryl/α,β-unsaturated/α-hetero) is 1. The lowest BCUT2D eigenvalue weighted by molar-refractivity contribution is -0.437. The summed E-state index contributed by atoms with van der Waals surface area (Å²) in [4.78, 5) is 19.8. The largest absolute Gasteiger partial charge is 0.506 e. The monoisotopic (exact) mass is 664 g/mol. The maximum atomic E-state index is 13.9. The summed E-state index contributed by atoms with van der Waals surface area (Å²) in [7, 11) is 0. The summed E-state index contributed by atoms with van der Waals surface area (Å²) >= 11 is 0. The molecule has 3 aromatic carbocycles. The predicted molar refractivity (Wildman–Crippen MR) is 207 cm³/mol. The number of anilines is 1. The van der Waals surface area contributed by atoms with E-state index in [0.29, 0.717) is 16.8 Å². The number of nitrogens with zero attached hydrogens (tertiary/aromatic N) is 3. The molecular formula is C45H50N3O2+. The average molecular weight is 665 g/mol. The van der Waals surface area contributed by atoms with Crippen LogP contribution in [-0.4, -0.2) is 34.3 Å². The number of unbranched alkanes of at least 4 members (excludes halogenated alkanes) is 3. The first-order valence-electron chi connectivity index (χ1n) is 18.2. The van der Waals surface area contributed by atoms with Crippen LogP contribution < -0.4 is 4.90 Å². The molecule has 1 N–H and O–H groups in total. The van der Waals surface area contributed by atoms with Gasteiger partial charge in [-0.2, -0.15) is 4.58 Å². The Balaban J connectivity index is 1.38. The lowest BCUT2D eigenvalue weighted by Gasteiger charge is -2.29. The molecule has 3 aromatic rings. The summed E-state index contributed by atoms with van der Waals surface area (Å²) in [5.41, 5.74) is 10.9. The summed E-state index contributed by atoms with van der Waals surface area (Å²) in [5, 5.41) is 11.5. The van der Waals surface area contributed by atoms with Crippen molar-refractivity contribution in [3.8, 4) is 11.1 Å². The molecular weight excluding hydrogens is 615 g/mol. The molecule has 0 unspecified atom stereocenters. The molecule has 50 heavy (non-hydrogen) atoms. The second kappa shape index (κ2) is 13.8. The van der Waals surface area contributed by atoms with Crippen LogP contribution in [-0.2, 0) is 15.6 Å². The lowest BCUT2D eigenvalue weighted by Crippen LogP contribution is -2.32. The zero-order valence-corrected chi connectivity index (χ0v) is 30.7. The van der Waals surface area contributed by atoms with Crippen molar-refractivity contribution in [3.63, 3.8) is 0 Å². The van der Waals surface area contributed by atoms with E-state index in [4.69, 9.17) is 6.57 Å². The minimum atomic E-state index is -0.389. The van der Waals surface area contributed by atoms with Crippen LogP contribution in [0.2, 0.25) is 0 Å². The van der Waals surface area contributed by atoms with E-state index in [1.54, 1.807) is 0 Å². The minimum absolute atomic E-state index is 0.0826. The quantitative estimate of drug-likeness (QED) is 0.0960. The number of fused-ring (bicyclic) bond motifs is 2. The number of rotatable bonds is 11. The first-order valence-corrected chi connectivity index (χ1v) is 18.2. The second-order valence-corrected chi connectivity index (χ2v) is 14.9. The molecule has 0 bridgehead atoms. The predicted octanol–water partition coefficient (Wildman–Crippen LogP) is 11.0. The van der Waals surface area contributed by atoms with Gasteiger partial charge in [-0.1, -0.05) is 102 Å². The van der Waals surface area contributed by atoms with Crippen molar-refractivity contribution in [2.75, 3.05) is 18.0 Å². The third-order valence-corrected chi connectivity index (χ3v) is 10.7. The molecule has 1 aliphatic carbocycles. The molecule has 0 aromatic heterocycles. The van der Waals surface area contributed by atoms with Crippen LogP contribution in [0.15, 0.2) is 107 Å². The van der Waals surface area contributed by atoms with Gasteiger partial charge in [0.25, 0.3) is 0 Å². The summed E-state index contributed by atoms with van der Waals surface area (Å²) < 4.78 is 2.31. The zero-order valence-electron chi connectivity index (χ0n) is 30.7. The summed E-state index contributed by atoms with van der Waals surface area (Å²) in [6.07, 6.45) is 11.3. The minimum Gasteiger partial charge on any atom is -0.506 e. The van der Waals surface area contributed by atoms with Crippen LogP contribution >= 0.6 is 0 Å².